The van der Waals surface area contributed by atoms with Gasteiger partial charge in [0.2, 0.25) is 5.88 Å². The number of hydrogen-bond donors (Lipinski definition) is 1. The molecule has 0 saturated carbocycles. The van der Waals surface area contributed by atoms with Crippen molar-refractivity contribution < 1.29 is 9.47 Å². The summed E-state index contributed by atoms with van der Waals surface area (Å²) in [6.45, 7) is 3.57. The van der Waals surface area contributed by atoms with E-state index in [1.807, 2.05) is 12.3 Å². The van der Waals surface area contributed by atoms with Gasteiger partial charge in [0.1, 0.15) is 0 Å². The highest BCUT2D eigenvalue weighted by molar-refractivity contribution is 5.21. The van der Waals surface area contributed by atoms with E-state index in [0.29, 0.717) is 18.3 Å². The minimum Gasteiger partial charge on any atom is -0.481 e. The summed E-state index contributed by atoms with van der Waals surface area (Å²) in [4.78, 5) is 6.74. The second kappa shape index (κ2) is 7.57. The number of nitrogens with zero attached hydrogens (tertiary/aromatic N) is 2. The van der Waals surface area contributed by atoms with E-state index >= 15 is 0 Å². The van der Waals surface area contributed by atoms with Gasteiger partial charge in [-0.3, -0.25) is 4.90 Å². The van der Waals surface area contributed by atoms with Crippen LogP contribution >= 0.6 is 0 Å². The van der Waals surface area contributed by atoms with Crippen molar-refractivity contribution in [1.82, 2.24) is 9.88 Å². The van der Waals surface area contributed by atoms with Gasteiger partial charge in [-0.05, 0) is 30.9 Å². The van der Waals surface area contributed by atoms with Crippen molar-refractivity contribution in [2.45, 2.75) is 18.9 Å². The highest BCUT2D eigenvalue weighted by Crippen LogP contribution is 2.26. The maximum absolute atomic E-state index is 5.99. The lowest BCUT2D eigenvalue weighted by Gasteiger charge is -2.37. The van der Waals surface area contributed by atoms with Gasteiger partial charge in [0.25, 0.3) is 0 Å². The third-order valence-electron chi connectivity index (χ3n) is 3.97. The Balaban J connectivity index is 2.06. The minimum absolute atomic E-state index is 0.230. The molecule has 0 aliphatic carbocycles. The first kappa shape index (κ1) is 15.2. The quantitative estimate of drug-likeness (QED) is 0.854. The first-order valence-corrected chi connectivity index (χ1v) is 7.21. The molecule has 0 spiro atoms. The number of piperidine rings is 1. The summed E-state index contributed by atoms with van der Waals surface area (Å²) in [5, 5.41) is 0. The number of likely N-dealkylation sites (tertiary alicyclic amines) is 1. The lowest BCUT2D eigenvalue weighted by atomic mass is 9.96. The molecule has 1 aliphatic heterocycles. The summed E-state index contributed by atoms with van der Waals surface area (Å²) < 4.78 is 10.4. The topological polar surface area (TPSA) is 60.6 Å². The van der Waals surface area contributed by atoms with E-state index in [4.69, 9.17) is 15.2 Å². The molecule has 0 radical (unpaired) electrons. The maximum Gasteiger partial charge on any atom is 0.212 e. The van der Waals surface area contributed by atoms with Crippen LogP contribution < -0.4 is 10.5 Å². The number of rotatable bonds is 6. The van der Waals surface area contributed by atoms with Gasteiger partial charge >= 0.3 is 0 Å². The van der Waals surface area contributed by atoms with E-state index < -0.39 is 0 Å². The van der Waals surface area contributed by atoms with Crippen LogP contribution in [0.2, 0.25) is 0 Å². The molecule has 2 atom stereocenters. The summed E-state index contributed by atoms with van der Waals surface area (Å²) in [5.41, 5.74) is 7.15. The van der Waals surface area contributed by atoms with Gasteiger partial charge in [-0.15, -0.1) is 0 Å². The zero-order valence-corrected chi connectivity index (χ0v) is 12.4. The van der Waals surface area contributed by atoms with Crippen molar-refractivity contribution in [3.8, 4) is 5.88 Å². The normalized spacial score (nSPS) is 21.6. The summed E-state index contributed by atoms with van der Waals surface area (Å²) in [6, 6.07) is 4.19. The van der Waals surface area contributed by atoms with Crippen molar-refractivity contribution in [3.63, 3.8) is 0 Å². The van der Waals surface area contributed by atoms with Crippen molar-refractivity contribution in [2.75, 3.05) is 40.5 Å². The van der Waals surface area contributed by atoms with Gasteiger partial charge < -0.3 is 15.2 Å². The standard InChI is InChI=1S/C15H25N3O2/c1-19-11-12-4-3-7-18(10-12)14(8-16)13-5-6-15(20-2)17-9-13/h5-6,9,12,14H,3-4,7-8,10-11,16H2,1-2H3. The third kappa shape index (κ3) is 3.69. The van der Waals surface area contributed by atoms with Crippen LogP contribution in [0.25, 0.3) is 0 Å². The van der Waals surface area contributed by atoms with E-state index in [-0.39, 0.29) is 6.04 Å². The van der Waals surface area contributed by atoms with Crippen LogP contribution in [0.3, 0.4) is 0 Å². The van der Waals surface area contributed by atoms with Crippen molar-refractivity contribution in [3.05, 3.63) is 23.9 Å². The van der Waals surface area contributed by atoms with Gasteiger partial charge in [-0.25, -0.2) is 4.98 Å². The summed E-state index contributed by atoms with van der Waals surface area (Å²) in [5.74, 6) is 1.24. The average molecular weight is 279 g/mol. The Kier molecular flexibility index (Phi) is 5.76. The lowest BCUT2D eigenvalue weighted by Crippen LogP contribution is -2.42. The molecule has 5 nitrogen and oxygen atoms in total. The number of aromatic nitrogens is 1. The Morgan fingerprint density at radius 1 is 1.45 bits per heavy atom. The van der Waals surface area contributed by atoms with Crippen LogP contribution in [0.5, 0.6) is 5.88 Å². The van der Waals surface area contributed by atoms with Crippen LogP contribution in [-0.4, -0.2) is 50.3 Å². The van der Waals surface area contributed by atoms with Crippen LogP contribution in [-0.2, 0) is 4.74 Å². The summed E-state index contributed by atoms with van der Waals surface area (Å²) in [7, 11) is 3.40. The number of pyridine rings is 1. The average Bonchev–Trinajstić information content (AvgIpc) is 2.49. The third-order valence-corrected chi connectivity index (χ3v) is 3.97. The van der Waals surface area contributed by atoms with E-state index in [1.165, 1.54) is 12.8 Å². The highest BCUT2D eigenvalue weighted by Gasteiger charge is 2.26. The Morgan fingerprint density at radius 2 is 2.30 bits per heavy atom. The lowest BCUT2D eigenvalue weighted by molar-refractivity contribution is 0.0696. The number of ether oxygens (including phenoxy) is 2. The van der Waals surface area contributed by atoms with E-state index in [2.05, 4.69) is 16.0 Å². The number of nitrogens with two attached hydrogens (primary N) is 1. The molecule has 0 bridgehead atoms. The molecule has 1 aromatic heterocycles. The molecule has 2 N–H and O–H groups in total. The Bertz CT molecular complexity index is 395. The molecule has 1 saturated heterocycles. The van der Waals surface area contributed by atoms with Crippen LogP contribution in [0.4, 0.5) is 0 Å². The molecule has 1 aromatic rings. The molecular weight excluding hydrogens is 254 g/mol. The van der Waals surface area contributed by atoms with Gasteiger partial charge in [0, 0.05) is 38.5 Å². The second-order valence-electron chi connectivity index (χ2n) is 5.34. The zero-order chi connectivity index (χ0) is 14.4. The van der Waals surface area contributed by atoms with Crippen LogP contribution in [0.15, 0.2) is 18.3 Å². The maximum atomic E-state index is 5.99. The SMILES string of the molecule is COCC1CCCN(C(CN)c2ccc(OC)nc2)C1. The number of hydrogen-bond acceptors (Lipinski definition) is 5. The molecule has 112 valence electrons. The van der Waals surface area contributed by atoms with E-state index in [0.717, 1.165) is 25.3 Å². The molecule has 1 aliphatic rings. The van der Waals surface area contributed by atoms with Crippen molar-refractivity contribution in [2.24, 2.45) is 11.7 Å². The second-order valence-corrected chi connectivity index (χ2v) is 5.34. The first-order valence-electron chi connectivity index (χ1n) is 7.21. The molecular formula is C15H25N3O2. The molecule has 20 heavy (non-hydrogen) atoms. The Labute approximate surface area is 121 Å². The first-order chi connectivity index (χ1) is 9.78. The molecule has 2 heterocycles. The molecule has 0 aromatic carbocycles. The Morgan fingerprint density at radius 3 is 2.90 bits per heavy atom. The minimum atomic E-state index is 0.230. The molecule has 2 unspecified atom stereocenters. The van der Waals surface area contributed by atoms with Gasteiger partial charge in [0.05, 0.1) is 13.7 Å². The number of methoxy groups -OCH3 is 2. The van der Waals surface area contributed by atoms with Gasteiger partial charge in [0.15, 0.2) is 0 Å². The summed E-state index contributed by atoms with van der Waals surface area (Å²) >= 11 is 0. The predicted octanol–water partition coefficient (Wildman–Crippen LogP) is 1.45. The van der Waals surface area contributed by atoms with Crippen LogP contribution in [0, 0.1) is 5.92 Å². The molecule has 2 rings (SSSR count). The molecule has 0 amide bonds. The summed E-state index contributed by atoms with van der Waals surface area (Å²) in [6.07, 6.45) is 4.31. The fraction of sp³-hybridized carbons (Fsp3) is 0.667. The largest absolute Gasteiger partial charge is 0.481 e. The Hall–Kier alpha value is -1.17. The van der Waals surface area contributed by atoms with Crippen LogP contribution in [0.1, 0.15) is 24.4 Å². The zero-order valence-electron chi connectivity index (χ0n) is 12.4. The molecule has 5 heteroatoms. The molecule has 1 fully saturated rings. The smallest absolute Gasteiger partial charge is 0.212 e. The van der Waals surface area contributed by atoms with Gasteiger partial charge in [-0.2, -0.15) is 0 Å². The fourth-order valence-electron chi connectivity index (χ4n) is 2.96. The van der Waals surface area contributed by atoms with E-state index in [9.17, 15) is 0 Å². The van der Waals surface area contributed by atoms with Gasteiger partial charge in [-0.1, -0.05) is 6.07 Å². The monoisotopic (exact) mass is 279 g/mol. The van der Waals surface area contributed by atoms with Crippen molar-refractivity contribution in [1.29, 1.82) is 0 Å². The van der Waals surface area contributed by atoms with Crippen molar-refractivity contribution >= 4 is 0 Å². The fourth-order valence-corrected chi connectivity index (χ4v) is 2.96. The van der Waals surface area contributed by atoms with E-state index in [1.54, 1.807) is 14.2 Å². The highest BCUT2D eigenvalue weighted by atomic mass is 16.5. The predicted molar refractivity (Wildman–Crippen MR) is 78.8 cm³/mol.